The van der Waals surface area contributed by atoms with Crippen LogP contribution in [0.1, 0.15) is 25.7 Å². The van der Waals surface area contributed by atoms with Crippen LogP contribution in [0, 0.1) is 0 Å². The van der Waals surface area contributed by atoms with Crippen molar-refractivity contribution in [3.63, 3.8) is 0 Å². The van der Waals surface area contributed by atoms with Gasteiger partial charge in [-0.3, -0.25) is 0 Å². The standard InChI is InChI=1S/C12H14ClNO2S/c13-9-3-4-11-10(7-9)14-8-12(17(11,15)16)5-1-2-6-12/h3-4,7,14H,1-2,5-6,8H2. The number of benzene rings is 1. The lowest BCUT2D eigenvalue weighted by Crippen LogP contribution is -2.45. The fourth-order valence-electron chi connectivity index (χ4n) is 2.92. The van der Waals surface area contributed by atoms with Crippen LogP contribution in [0.2, 0.25) is 5.02 Å². The first-order valence-corrected chi connectivity index (χ1v) is 7.69. The summed E-state index contributed by atoms with van der Waals surface area (Å²) in [7, 11) is -3.22. The van der Waals surface area contributed by atoms with Crippen LogP contribution in [0.5, 0.6) is 0 Å². The Morgan fingerprint density at radius 3 is 2.65 bits per heavy atom. The molecule has 0 saturated heterocycles. The third kappa shape index (κ3) is 1.50. The minimum Gasteiger partial charge on any atom is -0.382 e. The highest BCUT2D eigenvalue weighted by atomic mass is 35.5. The van der Waals surface area contributed by atoms with Crippen LogP contribution in [0.3, 0.4) is 0 Å². The van der Waals surface area contributed by atoms with Crippen LogP contribution in [-0.2, 0) is 9.84 Å². The maximum atomic E-state index is 12.7. The molecule has 0 aromatic heterocycles. The van der Waals surface area contributed by atoms with E-state index in [4.69, 9.17) is 11.6 Å². The average Bonchev–Trinajstić information content (AvgIpc) is 2.74. The van der Waals surface area contributed by atoms with Gasteiger partial charge in [0.1, 0.15) is 0 Å². The summed E-state index contributed by atoms with van der Waals surface area (Å²) in [6.45, 7) is 0.517. The number of hydrogen-bond acceptors (Lipinski definition) is 3. The minimum absolute atomic E-state index is 0.412. The Balaban J connectivity index is 2.18. The van der Waals surface area contributed by atoms with Gasteiger partial charge in [0.25, 0.3) is 0 Å². The van der Waals surface area contributed by atoms with Gasteiger partial charge >= 0.3 is 0 Å². The number of rotatable bonds is 0. The molecule has 92 valence electrons. The fraction of sp³-hybridized carbons (Fsp3) is 0.500. The lowest BCUT2D eigenvalue weighted by molar-refractivity contribution is 0.516. The fourth-order valence-corrected chi connectivity index (χ4v) is 5.32. The predicted octanol–water partition coefficient (Wildman–Crippen LogP) is 2.85. The summed E-state index contributed by atoms with van der Waals surface area (Å²) in [6.07, 6.45) is 3.54. The van der Waals surface area contributed by atoms with E-state index >= 15 is 0 Å². The molecule has 1 aliphatic heterocycles. The topological polar surface area (TPSA) is 46.2 Å². The first kappa shape index (κ1) is 11.4. The summed E-state index contributed by atoms with van der Waals surface area (Å²) in [6, 6.07) is 4.96. The molecule has 0 atom stereocenters. The molecule has 5 heteroatoms. The van der Waals surface area contributed by atoms with Crippen LogP contribution in [0.4, 0.5) is 5.69 Å². The number of nitrogens with one attached hydrogen (secondary N) is 1. The quantitative estimate of drug-likeness (QED) is 0.789. The molecule has 1 saturated carbocycles. The number of fused-ring (bicyclic) bond motifs is 1. The largest absolute Gasteiger partial charge is 0.382 e. The summed E-state index contributed by atoms with van der Waals surface area (Å²) in [5.74, 6) is 0. The first-order chi connectivity index (χ1) is 8.05. The van der Waals surface area contributed by atoms with E-state index in [1.807, 2.05) is 0 Å². The van der Waals surface area contributed by atoms with Gasteiger partial charge in [-0.2, -0.15) is 0 Å². The van der Waals surface area contributed by atoms with Gasteiger partial charge in [0, 0.05) is 11.6 Å². The van der Waals surface area contributed by atoms with Crippen molar-refractivity contribution in [3.8, 4) is 0 Å². The highest BCUT2D eigenvalue weighted by Crippen LogP contribution is 2.45. The Morgan fingerprint density at radius 2 is 1.94 bits per heavy atom. The molecule has 0 bridgehead atoms. The second kappa shape index (κ2) is 3.62. The molecule has 1 N–H and O–H groups in total. The molecule has 1 aromatic rings. The Kier molecular flexibility index (Phi) is 2.42. The molecule has 1 spiro atoms. The van der Waals surface area contributed by atoms with Crippen molar-refractivity contribution in [3.05, 3.63) is 23.2 Å². The number of anilines is 1. The van der Waals surface area contributed by atoms with Gasteiger partial charge in [-0.05, 0) is 31.0 Å². The summed E-state index contributed by atoms with van der Waals surface area (Å²) >= 11 is 5.89. The molecule has 0 unspecified atom stereocenters. The van der Waals surface area contributed by atoms with Gasteiger partial charge in [-0.1, -0.05) is 24.4 Å². The molecule has 1 aliphatic carbocycles. The van der Waals surface area contributed by atoms with E-state index < -0.39 is 14.6 Å². The zero-order valence-corrected chi connectivity index (χ0v) is 10.9. The van der Waals surface area contributed by atoms with E-state index in [0.29, 0.717) is 22.2 Å². The minimum atomic E-state index is -3.22. The molecule has 0 amide bonds. The third-order valence-corrected chi connectivity index (χ3v) is 6.78. The second-order valence-electron chi connectivity index (χ2n) is 4.89. The molecule has 1 aromatic carbocycles. The number of sulfone groups is 1. The molecule has 1 fully saturated rings. The SMILES string of the molecule is O=S1(=O)c2ccc(Cl)cc2NCC12CCCC2. The first-order valence-electron chi connectivity index (χ1n) is 5.83. The van der Waals surface area contributed by atoms with Gasteiger partial charge < -0.3 is 5.32 Å². The van der Waals surface area contributed by atoms with Crippen LogP contribution in [0.15, 0.2) is 23.1 Å². The summed E-state index contributed by atoms with van der Waals surface area (Å²) in [5, 5.41) is 3.79. The van der Waals surface area contributed by atoms with Gasteiger partial charge in [0.15, 0.2) is 9.84 Å². The van der Waals surface area contributed by atoms with Crippen LogP contribution >= 0.6 is 11.6 Å². The van der Waals surface area contributed by atoms with Crippen LogP contribution in [-0.4, -0.2) is 19.7 Å². The average molecular weight is 272 g/mol. The molecule has 2 aliphatic rings. The lowest BCUT2D eigenvalue weighted by atomic mass is 10.1. The molecule has 1 heterocycles. The molecule has 3 rings (SSSR count). The van der Waals surface area contributed by atoms with Gasteiger partial charge in [-0.25, -0.2) is 8.42 Å². The lowest BCUT2D eigenvalue weighted by Gasteiger charge is -2.35. The summed E-state index contributed by atoms with van der Waals surface area (Å²) in [5.41, 5.74) is 0.648. The van der Waals surface area contributed by atoms with E-state index in [2.05, 4.69) is 5.32 Å². The Bertz CT molecular complexity index is 562. The normalized spacial score (nSPS) is 24.3. The monoisotopic (exact) mass is 271 g/mol. The Hall–Kier alpha value is -0.740. The summed E-state index contributed by atoms with van der Waals surface area (Å²) in [4.78, 5) is 0.412. The Labute approximate surface area is 106 Å². The van der Waals surface area contributed by atoms with Gasteiger partial charge in [0.2, 0.25) is 0 Å². The van der Waals surface area contributed by atoms with Gasteiger partial charge in [-0.15, -0.1) is 0 Å². The zero-order valence-electron chi connectivity index (χ0n) is 9.37. The van der Waals surface area contributed by atoms with Crippen LogP contribution in [0.25, 0.3) is 0 Å². The number of halogens is 1. The van der Waals surface area contributed by atoms with E-state index in [-0.39, 0.29) is 0 Å². The predicted molar refractivity (Wildman–Crippen MR) is 68.3 cm³/mol. The Morgan fingerprint density at radius 1 is 1.24 bits per heavy atom. The van der Waals surface area contributed by atoms with Crippen molar-refractivity contribution in [1.82, 2.24) is 0 Å². The van der Waals surface area contributed by atoms with E-state index in [0.717, 1.165) is 25.7 Å². The second-order valence-corrected chi connectivity index (χ2v) is 7.64. The maximum Gasteiger partial charge on any atom is 0.187 e. The molecule has 3 nitrogen and oxygen atoms in total. The molecular formula is C12H14ClNO2S. The van der Waals surface area contributed by atoms with Crippen molar-refractivity contribution in [2.45, 2.75) is 35.3 Å². The number of hydrogen-bond donors (Lipinski definition) is 1. The van der Waals surface area contributed by atoms with Crippen LogP contribution < -0.4 is 5.32 Å². The van der Waals surface area contributed by atoms with Crippen molar-refractivity contribution in [1.29, 1.82) is 0 Å². The molecule has 17 heavy (non-hydrogen) atoms. The van der Waals surface area contributed by atoms with Crippen molar-refractivity contribution >= 4 is 27.1 Å². The van der Waals surface area contributed by atoms with Crippen molar-refractivity contribution in [2.24, 2.45) is 0 Å². The van der Waals surface area contributed by atoms with Crippen molar-refractivity contribution in [2.75, 3.05) is 11.9 Å². The van der Waals surface area contributed by atoms with Crippen molar-refractivity contribution < 1.29 is 8.42 Å². The van der Waals surface area contributed by atoms with E-state index in [9.17, 15) is 8.42 Å². The third-order valence-electron chi connectivity index (χ3n) is 3.92. The maximum absolute atomic E-state index is 12.7. The highest BCUT2D eigenvalue weighted by molar-refractivity contribution is 7.93. The zero-order chi connectivity index (χ0) is 12.1. The van der Waals surface area contributed by atoms with Gasteiger partial charge in [0.05, 0.1) is 15.3 Å². The molecular weight excluding hydrogens is 258 g/mol. The summed E-state index contributed by atoms with van der Waals surface area (Å²) < 4.78 is 24.7. The highest BCUT2D eigenvalue weighted by Gasteiger charge is 2.49. The van der Waals surface area contributed by atoms with E-state index in [1.54, 1.807) is 18.2 Å². The smallest absolute Gasteiger partial charge is 0.187 e. The van der Waals surface area contributed by atoms with E-state index in [1.165, 1.54) is 0 Å². The molecule has 0 radical (unpaired) electrons.